The van der Waals surface area contributed by atoms with Gasteiger partial charge < -0.3 is 10.2 Å². The first-order chi connectivity index (χ1) is 16.4. The average Bonchev–Trinajstić information content (AvgIpc) is 2.81. The van der Waals surface area contributed by atoms with Gasteiger partial charge in [-0.15, -0.1) is 0 Å². The molecule has 0 saturated carbocycles. The van der Waals surface area contributed by atoms with Crippen molar-refractivity contribution in [1.29, 1.82) is 0 Å². The Morgan fingerprint density at radius 2 is 1.41 bits per heavy atom. The Kier molecular flexibility index (Phi) is 9.03. The molecule has 4 heteroatoms. The van der Waals surface area contributed by atoms with Crippen molar-refractivity contribution in [1.82, 2.24) is 10.2 Å². The Morgan fingerprint density at radius 3 is 2.03 bits per heavy atom. The van der Waals surface area contributed by atoms with Crippen LogP contribution < -0.4 is 5.32 Å². The van der Waals surface area contributed by atoms with E-state index in [1.165, 1.54) is 0 Å². The lowest BCUT2D eigenvalue weighted by atomic mass is 10.0. The minimum Gasteiger partial charge on any atom is -0.352 e. The van der Waals surface area contributed by atoms with Crippen molar-refractivity contribution < 1.29 is 9.59 Å². The number of hydrogen-bond acceptors (Lipinski definition) is 2. The molecule has 0 heterocycles. The summed E-state index contributed by atoms with van der Waals surface area (Å²) in [4.78, 5) is 29.0. The van der Waals surface area contributed by atoms with Crippen molar-refractivity contribution in [3.8, 4) is 0 Å². The van der Waals surface area contributed by atoms with Crippen molar-refractivity contribution >= 4 is 11.8 Å². The standard InChI is InChI=1S/C30H36N2O2/c1-5-24(4)31-30(34)28(19-25-13-7-6-8-14-25)32(21-27-16-10-12-23(3)18-27)29(33)20-26-15-9-11-22(2)17-26/h6-18,24,28H,5,19-21H2,1-4H3,(H,31,34)/t24-,28-/m0/s1. The van der Waals surface area contributed by atoms with Crippen LogP contribution in [0.4, 0.5) is 0 Å². The van der Waals surface area contributed by atoms with E-state index in [9.17, 15) is 9.59 Å². The Bertz CT molecular complexity index is 1090. The number of benzene rings is 3. The lowest BCUT2D eigenvalue weighted by Gasteiger charge is -2.32. The molecule has 3 aromatic carbocycles. The molecule has 0 spiro atoms. The SMILES string of the molecule is CC[C@H](C)NC(=O)[C@H](Cc1ccccc1)N(Cc1cccc(C)c1)C(=O)Cc1cccc(C)c1. The van der Waals surface area contributed by atoms with Crippen LogP contribution in [0.2, 0.25) is 0 Å². The summed E-state index contributed by atoms with van der Waals surface area (Å²) in [6.45, 7) is 8.50. The van der Waals surface area contributed by atoms with Gasteiger partial charge in [0.1, 0.15) is 6.04 Å². The van der Waals surface area contributed by atoms with Gasteiger partial charge in [0.05, 0.1) is 6.42 Å². The normalized spacial score (nSPS) is 12.6. The second-order valence-electron chi connectivity index (χ2n) is 9.20. The van der Waals surface area contributed by atoms with E-state index in [0.717, 1.165) is 34.2 Å². The zero-order valence-electron chi connectivity index (χ0n) is 20.8. The molecule has 0 saturated heterocycles. The first-order valence-electron chi connectivity index (χ1n) is 12.1. The van der Waals surface area contributed by atoms with Crippen LogP contribution in [0.15, 0.2) is 78.9 Å². The minimum absolute atomic E-state index is 0.0402. The van der Waals surface area contributed by atoms with Crippen LogP contribution in [0.5, 0.6) is 0 Å². The van der Waals surface area contributed by atoms with Gasteiger partial charge in [0, 0.05) is 19.0 Å². The first kappa shape index (κ1) is 25.2. The molecule has 34 heavy (non-hydrogen) atoms. The number of carbonyl (C=O) groups is 2. The maximum Gasteiger partial charge on any atom is 0.243 e. The Hall–Kier alpha value is -3.40. The van der Waals surface area contributed by atoms with Crippen LogP contribution in [0.3, 0.4) is 0 Å². The second kappa shape index (κ2) is 12.2. The highest BCUT2D eigenvalue weighted by Gasteiger charge is 2.31. The predicted molar refractivity (Wildman–Crippen MR) is 138 cm³/mol. The zero-order valence-corrected chi connectivity index (χ0v) is 20.8. The maximum atomic E-state index is 13.8. The molecule has 1 N–H and O–H groups in total. The van der Waals surface area contributed by atoms with Gasteiger partial charge >= 0.3 is 0 Å². The third-order valence-corrected chi connectivity index (χ3v) is 6.15. The molecule has 3 aromatic rings. The topological polar surface area (TPSA) is 49.4 Å². The summed E-state index contributed by atoms with van der Waals surface area (Å²) < 4.78 is 0. The highest BCUT2D eigenvalue weighted by molar-refractivity contribution is 5.89. The molecule has 0 bridgehead atoms. The number of carbonyl (C=O) groups excluding carboxylic acids is 2. The fraction of sp³-hybridized carbons (Fsp3) is 0.333. The number of nitrogens with zero attached hydrogens (tertiary/aromatic N) is 1. The smallest absolute Gasteiger partial charge is 0.243 e. The molecule has 2 atom stereocenters. The van der Waals surface area contributed by atoms with E-state index in [-0.39, 0.29) is 24.3 Å². The summed E-state index contributed by atoms with van der Waals surface area (Å²) in [6.07, 6.45) is 1.56. The van der Waals surface area contributed by atoms with Crippen molar-refractivity contribution in [2.24, 2.45) is 0 Å². The Morgan fingerprint density at radius 1 is 0.824 bits per heavy atom. The van der Waals surface area contributed by atoms with Gasteiger partial charge in [-0.1, -0.05) is 96.9 Å². The Labute approximate surface area is 204 Å². The number of hydrogen-bond donors (Lipinski definition) is 1. The molecule has 0 unspecified atom stereocenters. The van der Waals surface area contributed by atoms with E-state index in [4.69, 9.17) is 0 Å². The van der Waals surface area contributed by atoms with Gasteiger partial charge in [0.15, 0.2) is 0 Å². The van der Waals surface area contributed by atoms with E-state index in [1.807, 2.05) is 100 Å². The third-order valence-electron chi connectivity index (χ3n) is 6.15. The minimum atomic E-state index is -0.603. The van der Waals surface area contributed by atoms with Crippen molar-refractivity contribution in [3.63, 3.8) is 0 Å². The molecule has 0 aliphatic carbocycles. The van der Waals surface area contributed by atoms with Crippen LogP contribution in [0.25, 0.3) is 0 Å². The predicted octanol–water partition coefficient (Wildman–Crippen LogP) is 5.40. The second-order valence-corrected chi connectivity index (χ2v) is 9.20. The molecular weight excluding hydrogens is 420 g/mol. The van der Waals surface area contributed by atoms with Crippen LogP contribution in [0, 0.1) is 13.8 Å². The third kappa shape index (κ3) is 7.31. The van der Waals surface area contributed by atoms with Crippen LogP contribution in [0.1, 0.15) is 48.1 Å². The fourth-order valence-electron chi connectivity index (χ4n) is 4.10. The maximum absolute atomic E-state index is 13.8. The number of rotatable bonds is 10. The fourth-order valence-corrected chi connectivity index (χ4v) is 4.10. The molecular formula is C30H36N2O2. The molecule has 0 fully saturated rings. The molecule has 2 amide bonds. The van der Waals surface area contributed by atoms with Gasteiger partial charge in [-0.25, -0.2) is 0 Å². The van der Waals surface area contributed by atoms with Crippen LogP contribution in [-0.4, -0.2) is 28.8 Å². The highest BCUT2D eigenvalue weighted by Crippen LogP contribution is 2.18. The summed E-state index contributed by atoms with van der Waals surface area (Å²) >= 11 is 0. The lowest BCUT2D eigenvalue weighted by Crippen LogP contribution is -2.52. The van der Waals surface area contributed by atoms with Gasteiger partial charge in [0.2, 0.25) is 11.8 Å². The van der Waals surface area contributed by atoms with Crippen LogP contribution >= 0.6 is 0 Å². The van der Waals surface area contributed by atoms with Crippen LogP contribution in [-0.2, 0) is 29.0 Å². The van der Waals surface area contributed by atoms with Crippen molar-refractivity contribution in [2.75, 3.05) is 0 Å². The molecule has 0 aliphatic heterocycles. The zero-order chi connectivity index (χ0) is 24.5. The molecule has 4 nitrogen and oxygen atoms in total. The number of nitrogens with one attached hydrogen (secondary N) is 1. The van der Waals surface area contributed by atoms with Gasteiger partial charge in [-0.05, 0) is 43.9 Å². The van der Waals surface area contributed by atoms with Crippen molar-refractivity contribution in [2.45, 2.75) is 65.6 Å². The van der Waals surface area contributed by atoms with E-state index < -0.39 is 6.04 Å². The molecule has 3 rings (SSSR count). The molecule has 0 aliphatic rings. The molecule has 0 radical (unpaired) electrons. The van der Waals surface area contributed by atoms with Gasteiger partial charge in [-0.2, -0.15) is 0 Å². The van der Waals surface area contributed by atoms with E-state index in [0.29, 0.717) is 13.0 Å². The summed E-state index contributed by atoms with van der Waals surface area (Å²) in [6, 6.07) is 25.5. The summed E-state index contributed by atoms with van der Waals surface area (Å²) in [5.74, 6) is -0.157. The summed E-state index contributed by atoms with van der Waals surface area (Å²) in [5, 5.41) is 3.12. The van der Waals surface area contributed by atoms with Crippen molar-refractivity contribution in [3.05, 3.63) is 107 Å². The molecule has 0 aromatic heterocycles. The van der Waals surface area contributed by atoms with E-state index in [1.54, 1.807) is 4.90 Å². The number of amides is 2. The van der Waals surface area contributed by atoms with Gasteiger partial charge in [0.25, 0.3) is 0 Å². The largest absolute Gasteiger partial charge is 0.352 e. The molecule has 178 valence electrons. The Balaban J connectivity index is 1.97. The van der Waals surface area contributed by atoms with E-state index in [2.05, 4.69) is 11.4 Å². The van der Waals surface area contributed by atoms with Gasteiger partial charge in [-0.3, -0.25) is 9.59 Å². The highest BCUT2D eigenvalue weighted by atomic mass is 16.2. The average molecular weight is 457 g/mol. The number of aryl methyl sites for hydroxylation is 2. The van der Waals surface area contributed by atoms with E-state index >= 15 is 0 Å². The quantitative estimate of drug-likeness (QED) is 0.444. The first-order valence-corrected chi connectivity index (χ1v) is 12.1. The summed E-state index contributed by atoms with van der Waals surface area (Å²) in [7, 11) is 0. The monoisotopic (exact) mass is 456 g/mol. The lowest BCUT2D eigenvalue weighted by molar-refractivity contribution is -0.141. The summed E-state index contributed by atoms with van der Waals surface area (Å²) in [5.41, 5.74) is 5.26.